The van der Waals surface area contributed by atoms with E-state index in [0.717, 1.165) is 0 Å². The van der Waals surface area contributed by atoms with E-state index in [1.807, 2.05) is 12.2 Å². The first-order chi connectivity index (χ1) is 12.8. The van der Waals surface area contributed by atoms with Crippen LogP contribution < -0.4 is 10.1 Å². The minimum absolute atomic E-state index is 0.102. The molecule has 0 aromatic heterocycles. The smallest absolute Gasteiger partial charge is 0.178 e. The van der Waals surface area contributed by atoms with Gasteiger partial charge in [0.2, 0.25) is 0 Å². The monoisotopic (exact) mass is 371 g/mol. The van der Waals surface area contributed by atoms with Crippen LogP contribution in [0, 0.1) is 6.92 Å². The first-order valence-electron chi connectivity index (χ1n) is 9.38. The number of hydrogen-bond donors (Lipinski definition) is 0. The Hall–Kier alpha value is -2.65. The van der Waals surface area contributed by atoms with Gasteiger partial charge in [0, 0.05) is 19.8 Å². The van der Waals surface area contributed by atoms with E-state index < -0.39 is 8.07 Å². The van der Waals surface area contributed by atoms with Gasteiger partial charge in [0.15, 0.2) is 5.78 Å². The summed E-state index contributed by atoms with van der Waals surface area (Å²) in [5, 5.41) is 2.65. The van der Waals surface area contributed by atoms with Crippen LogP contribution in [0.4, 0.5) is 5.69 Å². The summed E-state index contributed by atoms with van der Waals surface area (Å²) in [7, 11) is 2.18. The lowest BCUT2D eigenvalue weighted by molar-refractivity contribution is -0.110. The Morgan fingerprint density at radius 1 is 0.926 bits per heavy atom. The zero-order chi connectivity index (χ0) is 19.3. The lowest BCUT2D eigenvalue weighted by atomic mass is 9.88. The van der Waals surface area contributed by atoms with Crippen molar-refractivity contribution in [2.75, 3.05) is 19.0 Å². The molecule has 0 amide bonds. The van der Waals surface area contributed by atoms with Crippen LogP contribution in [0.5, 0.6) is 0 Å². The summed E-state index contributed by atoms with van der Waals surface area (Å²) in [5.74, 6) is 0.102. The highest BCUT2D eigenvalue weighted by Gasteiger charge is 2.40. The van der Waals surface area contributed by atoms with Gasteiger partial charge in [-0.2, -0.15) is 0 Å². The van der Waals surface area contributed by atoms with E-state index in [1.165, 1.54) is 43.9 Å². The minimum Gasteiger partial charge on any atom is -0.378 e. The van der Waals surface area contributed by atoms with E-state index in [1.54, 1.807) is 6.08 Å². The van der Waals surface area contributed by atoms with E-state index in [-0.39, 0.29) is 5.78 Å². The van der Waals surface area contributed by atoms with Gasteiger partial charge in [-0.1, -0.05) is 49.5 Å². The lowest BCUT2D eigenvalue weighted by Gasteiger charge is -2.38. The van der Waals surface area contributed by atoms with Gasteiger partial charge in [-0.3, -0.25) is 4.79 Å². The molecule has 0 bridgehead atoms. The van der Waals surface area contributed by atoms with Gasteiger partial charge in [0.25, 0.3) is 0 Å². The van der Waals surface area contributed by atoms with Crippen molar-refractivity contribution in [1.82, 2.24) is 0 Å². The van der Waals surface area contributed by atoms with Crippen LogP contribution in [-0.4, -0.2) is 28.0 Å². The molecule has 2 aromatic carbocycles. The van der Waals surface area contributed by atoms with Gasteiger partial charge in [-0.25, -0.2) is 0 Å². The van der Waals surface area contributed by atoms with Crippen molar-refractivity contribution in [3.8, 4) is 0 Å². The Labute approximate surface area is 162 Å². The van der Waals surface area contributed by atoms with Crippen LogP contribution in [0.2, 0.25) is 13.1 Å². The molecule has 1 aliphatic carbocycles. The van der Waals surface area contributed by atoms with Gasteiger partial charge < -0.3 is 4.90 Å². The van der Waals surface area contributed by atoms with Gasteiger partial charge in [0.1, 0.15) is 8.07 Å². The molecule has 1 aliphatic heterocycles. The van der Waals surface area contributed by atoms with Crippen molar-refractivity contribution in [1.29, 1.82) is 0 Å². The number of anilines is 1. The first-order valence-corrected chi connectivity index (χ1v) is 12.4. The predicted molar refractivity (Wildman–Crippen MR) is 117 cm³/mol. The molecule has 2 aromatic rings. The molecule has 0 unspecified atom stereocenters. The third kappa shape index (κ3) is 2.74. The van der Waals surface area contributed by atoms with Crippen molar-refractivity contribution < 1.29 is 4.79 Å². The normalized spacial score (nSPS) is 17.4. The maximum atomic E-state index is 12.2. The van der Waals surface area contributed by atoms with Crippen LogP contribution in [0.1, 0.15) is 16.7 Å². The highest BCUT2D eigenvalue weighted by atomic mass is 28.3. The molecule has 0 fully saturated rings. The van der Waals surface area contributed by atoms with E-state index in [2.05, 4.69) is 81.5 Å². The summed E-state index contributed by atoms with van der Waals surface area (Å²) >= 11 is 0. The molecule has 27 heavy (non-hydrogen) atoms. The number of hydrogen-bond acceptors (Lipinski definition) is 2. The van der Waals surface area contributed by atoms with Crippen molar-refractivity contribution in [2.45, 2.75) is 20.0 Å². The summed E-state index contributed by atoms with van der Waals surface area (Å²) in [4.78, 5) is 14.4. The van der Waals surface area contributed by atoms with E-state index in [4.69, 9.17) is 0 Å². The van der Waals surface area contributed by atoms with E-state index in [9.17, 15) is 4.79 Å². The first kappa shape index (κ1) is 17.7. The molecule has 136 valence electrons. The third-order valence-electron chi connectivity index (χ3n) is 5.81. The van der Waals surface area contributed by atoms with Crippen LogP contribution in [0.25, 0.3) is 5.57 Å². The fourth-order valence-corrected chi connectivity index (χ4v) is 7.30. The fraction of sp³-hybridized carbons (Fsp3) is 0.208. The summed E-state index contributed by atoms with van der Waals surface area (Å²) in [6, 6.07) is 15.3. The second-order valence-electron chi connectivity index (χ2n) is 8.15. The molecular formula is C24H25NOSi. The van der Waals surface area contributed by atoms with Gasteiger partial charge in [-0.05, 0) is 69.4 Å². The van der Waals surface area contributed by atoms with Crippen molar-refractivity contribution in [3.63, 3.8) is 0 Å². The quantitative estimate of drug-likeness (QED) is 0.730. The Kier molecular flexibility index (Phi) is 4.08. The van der Waals surface area contributed by atoms with Gasteiger partial charge >= 0.3 is 0 Å². The van der Waals surface area contributed by atoms with E-state index >= 15 is 0 Å². The summed E-state index contributed by atoms with van der Waals surface area (Å²) in [6.45, 7) is 6.88. The Bertz CT molecular complexity index is 1050. The Balaban J connectivity index is 2.11. The van der Waals surface area contributed by atoms with E-state index in [0.29, 0.717) is 0 Å². The second kappa shape index (κ2) is 6.21. The number of carbonyl (C=O) groups is 1. The van der Waals surface area contributed by atoms with Gasteiger partial charge in [0.05, 0.1) is 0 Å². The molecule has 4 rings (SSSR count). The number of ketones is 1. The lowest BCUT2D eigenvalue weighted by Crippen LogP contribution is -2.49. The van der Waals surface area contributed by atoms with Crippen molar-refractivity contribution >= 4 is 30.3 Å². The number of nitrogens with zero attached hydrogens (tertiary/aromatic N) is 1. The number of allylic oxidation sites excluding steroid dienone is 5. The number of fused-ring (bicyclic) bond motifs is 2. The molecule has 0 atom stereocenters. The zero-order valence-electron chi connectivity index (χ0n) is 16.6. The zero-order valence-corrected chi connectivity index (χ0v) is 17.6. The molecule has 1 heterocycles. The summed E-state index contributed by atoms with van der Waals surface area (Å²) in [5.41, 5.74) is 7.52. The van der Waals surface area contributed by atoms with Crippen LogP contribution in [0.15, 0.2) is 71.5 Å². The molecule has 0 spiro atoms. The molecule has 2 nitrogen and oxygen atoms in total. The fourth-order valence-electron chi connectivity index (χ4n) is 4.24. The minimum atomic E-state index is -1.98. The average molecular weight is 372 g/mol. The maximum Gasteiger partial charge on any atom is 0.178 e. The molecule has 2 aliphatic rings. The molecule has 0 N–H and O–H groups in total. The molecule has 0 radical (unpaired) electrons. The highest BCUT2D eigenvalue weighted by molar-refractivity contribution is 6.98. The second-order valence-corrected chi connectivity index (χ2v) is 12.5. The molecular weight excluding hydrogens is 346 g/mol. The van der Waals surface area contributed by atoms with Crippen LogP contribution in [-0.2, 0) is 4.79 Å². The third-order valence-corrected chi connectivity index (χ3v) is 9.33. The SMILES string of the molecule is Cc1ccccc1C1=C2C=CC(=O)C=C2[Si](C)(C)c2cc(N(C)C)ccc21. The standard InChI is InChI=1S/C24H25NOSi/c1-16-8-6-7-9-19(16)24-20-12-10-17(25(2)3)14-22(20)27(4,5)23-15-18(26)11-13-21(23)24/h6-15H,1-5H3. The van der Waals surface area contributed by atoms with Crippen LogP contribution >= 0.6 is 0 Å². The van der Waals surface area contributed by atoms with Gasteiger partial charge in [-0.15, -0.1) is 0 Å². The molecule has 0 saturated heterocycles. The number of carbonyl (C=O) groups excluding carboxylic acids is 1. The van der Waals surface area contributed by atoms with Crippen molar-refractivity contribution in [2.24, 2.45) is 0 Å². The average Bonchev–Trinajstić information content (AvgIpc) is 2.63. The maximum absolute atomic E-state index is 12.2. The molecule has 0 saturated carbocycles. The predicted octanol–water partition coefficient (Wildman–Crippen LogP) is 4.40. The molecule has 3 heteroatoms. The highest BCUT2D eigenvalue weighted by Crippen LogP contribution is 2.42. The topological polar surface area (TPSA) is 20.3 Å². The largest absolute Gasteiger partial charge is 0.378 e. The number of rotatable bonds is 2. The van der Waals surface area contributed by atoms with Crippen LogP contribution in [0.3, 0.4) is 0 Å². The number of aryl methyl sites for hydroxylation is 1. The Morgan fingerprint density at radius 2 is 1.67 bits per heavy atom. The summed E-state index contributed by atoms with van der Waals surface area (Å²) < 4.78 is 0. The Morgan fingerprint density at radius 3 is 2.37 bits per heavy atom. The summed E-state index contributed by atoms with van der Waals surface area (Å²) in [6.07, 6.45) is 5.63. The van der Waals surface area contributed by atoms with Crippen molar-refractivity contribution in [3.05, 3.63) is 88.2 Å². The number of benzene rings is 2.